The lowest BCUT2D eigenvalue weighted by atomic mass is 10.1. The van der Waals surface area contributed by atoms with E-state index in [2.05, 4.69) is 10.1 Å². The number of halogens is 1. The molecule has 0 radical (unpaired) electrons. The van der Waals surface area contributed by atoms with E-state index in [1.54, 1.807) is 42.5 Å². The Kier molecular flexibility index (Phi) is 6.31. The third-order valence-electron chi connectivity index (χ3n) is 6.52. The molecule has 1 atom stereocenters. The molecule has 1 unspecified atom stereocenters. The van der Waals surface area contributed by atoms with Gasteiger partial charge in [-0.3, -0.25) is 32.1 Å². The second-order valence-electron chi connectivity index (χ2n) is 8.99. The van der Waals surface area contributed by atoms with Crippen LogP contribution in [0.25, 0.3) is 10.9 Å². The molecule has 0 amide bonds. The summed E-state index contributed by atoms with van der Waals surface area (Å²) in [6.45, 7) is -0.570. The van der Waals surface area contributed by atoms with Crippen molar-refractivity contribution in [2.45, 2.75) is 37.9 Å². The Balaban J connectivity index is 1.66. The number of fused-ring (bicyclic) bond motifs is 1. The van der Waals surface area contributed by atoms with E-state index >= 15 is 0 Å². The molecule has 1 aromatic carbocycles. The molecule has 1 saturated carbocycles. The minimum Gasteiger partial charge on any atom is -0.755 e. The van der Waals surface area contributed by atoms with E-state index in [0.29, 0.717) is 30.3 Å². The highest BCUT2D eigenvalue weighted by molar-refractivity contribution is 7.80. The van der Waals surface area contributed by atoms with E-state index in [1.165, 1.54) is 16.7 Å². The Labute approximate surface area is 208 Å². The van der Waals surface area contributed by atoms with Gasteiger partial charge in [-0.2, -0.15) is 5.10 Å². The molecule has 1 aliphatic carbocycles. The van der Waals surface area contributed by atoms with Crippen LogP contribution in [-0.2, 0) is 37.8 Å². The van der Waals surface area contributed by atoms with Gasteiger partial charge in [0, 0.05) is 60.6 Å². The van der Waals surface area contributed by atoms with E-state index < -0.39 is 34.7 Å². The monoisotopic (exact) mass is 511 g/mol. The average Bonchev–Trinajstić information content (AvgIpc) is 3.55. The van der Waals surface area contributed by atoms with Gasteiger partial charge in [0.05, 0.1) is 29.2 Å². The van der Waals surface area contributed by atoms with Gasteiger partial charge in [0.1, 0.15) is 6.67 Å². The number of nitrogens with zero attached hydrogens (tertiary/aromatic N) is 6. The molecule has 188 valence electrons. The fraction of sp³-hybridized carbons (Fsp3) is 0.333. The average molecular weight is 512 g/mol. The number of aromatic nitrogens is 5. The van der Waals surface area contributed by atoms with Gasteiger partial charge >= 0.3 is 5.69 Å². The lowest BCUT2D eigenvalue weighted by Gasteiger charge is -2.33. The number of anilines is 1. The topological polar surface area (TPSA) is 118 Å². The zero-order valence-corrected chi connectivity index (χ0v) is 20.4. The van der Waals surface area contributed by atoms with Crippen LogP contribution < -0.4 is 15.6 Å². The van der Waals surface area contributed by atoms with Crippen molar-refractivity contribution in [3.63, 3.8) is 0 Å². The summed E-state index contributed by atoms with van der Waals surface area (Å²) in [6, 6.07) is 10.00. The maximum atomic E-state index is 13.8. The van der Waals surface area contributed by atoms with Crippen LogP contribution in [0.4, 0.5) is 10.1 Å². The maximum absolute atomic E-state index is 13.8. The standard InChI is InChI=1S/C24H25FN6O4S/c1-28-14-17(13-27-28)15-30-22(32)20-12-19(31(36(34)35)24(16-25)8-9-24)5-6-21(20)29(23(30)33)11-7-18-4-2-3-10-26-18/h2-6,10,12-14H,7-9,11,15-16H2,1H3,(H,34,35)/p-1. The Morgan fingerprint density at radius 1 is 1.19 bits per heavy atom. The smallest absolute Gasteiger partial charge is 0.331 e. The summed E-state index contributed by atoms with van der Waals surface area (Å²) in [6.07, 6.45) is 6.19. The van der Waals surface area contributed by atoms with E-state index in [0.717, 1.165) is 14.6 Å². The van der Waals surface area contributed by atoms with Gasteiger partial charge in [-0.25, -0.2) is 9.18 Å². The highest BCUT2D eigenvalue weighted by Crippen LogP contribution is 2.45. The first-order valence-corrected chi connectivity index (χ1v) is 12.5. The highest BCUT2D eigenvalue weighted by atomic mass is 32.2. The van der Waals surface area contributed by atoms with Crippen molar-refractivity contribution in [3.8, 4) is 0 Å². The zero-order valence-electron chi connectivity index (χ0n) is 19.5. The first kappa shape index (κ1) is 24.1. The second kappa shape index (κ2) is 9.43. The molecule has 0 aliphatic heterocycles. The molecule has 0 bridgehead atoms. The first-order chi connectivity index (χ1) is 17.3. The maximum Gasteiger partial charge on any atom is 0.331 e. The summed E-state index contributed by atoms with van der Waals surface area (Å²) < 4.78 is 43.1. The van der Waals surface area contributed by atoms with Crippen molar-refractivity contribution in [2.75, 3.05) is 11.0 Å². The van der Waals surface area contributed by atoms with Crippen molar-refractivity contribution >= 4 is 27.9 Å². The van der Waals surface area contributed by atoms with E-state index in [4.69, 9.17) is 0 Å². The van der Waals surface area contributed by atoms with Gasteiger partial charge in [0.25, 0.3) is 5.56 Å². The Bertz CT molecular complexity index is 1560. The fourth-order valence-corrected chi connectivity index (χ4v) is 5.29. The van der Waals surface area contributed by atoms with E-state index in [-0.39, 0.29) is 24.2 Å². The van der Waals surface area contributed by atoms with Gasteiger partial charge in [0.2, 0.25) is 0 Å². The summed E-state index contributed by atoms with van der Waals surface area (Å²) >= 11 is -2.74. The molecule has 4 aromatic rings. The first-order valence-electron chi connectivity index (χ1n) is 11.4. The van der Waals surface area contributed by atoms with Crippen LogP contribution in [0.5, 0.6) is 0 Å². The zero-order chi connectivity index (χ0) is 25.4. The molecule has 0 spiro atoms. The molecule has 0 N–H and O–H groups in total. The van der Waals surface area contributed by atoms with Crippen LogP contribution in [-0.4, -0.2) is 44.9 Å². The van der Waals surface area contributed by atoms with Gasteiger partial charge in [-0.1, -0.05) is 6.07 Å². The quantitative estimate of drug-likeness (QED) is 0.316. The number of hydrogen-bond donors (Lipinski definition) is 0. The van der Waals surface area contributed by atoms with Crippen LogP contribution in [0, 0.1) is 0 Å². The summed E-state index contributed by atoms with van der Waals surface area (Å²) in [7, 11) is 1.74. The highest BCUT2D eigenvalue weighted by Gasteiger charge is 2.49. The predicted octanol–water partition coefficient (Wildman–Crippen LogP) is 1.69. The molecule has 0 saturated heterocycles. The summed E-state index contributed by atoms with van der Waals surface area (Å²) in [5.74, 6) is 0. The van der Waals surface area contributed by atoms with Gasteiger partial charge < -0.3 is 4.55 Å². The van der Waals surface area contributed by atoms with Crippen LogP contribution in [0.15, 0.2) is 64.6 Å². The van der Waals surface area contributed by atoms with Gasteiger partial charge in [-0.05, 0) is 43.2 Å². The normalized spacial score (nSPS) is 15.2. The molecule has 36 heavy (non-hydrogen) atoms. The van der Waals surface area contributed by atoms with Crippen LogP contribution >= 0.6 is 0 Å². The molecular formula is C24H24FN6O4S-. The molecule has 5 rings (SSSR count). The van der Waals surface area contributed by atoms with Crippen molar-refractivity contribution in [3.05, 3.63) is 87.1 Å². The number of alkyl halides is 1. The minimum absolute atomic E-state index is 0.000872. The van der Waals surface area contributed by atoms with Crippen molar-refractivity contribution in [1.82, 2.24) is 23.9 Å². The predicted molar refractivity (Wildman–Crippen MR) is 132 cm³/mol. The minimum atomic E-state index is -2.74. The number of pyridine rings is 1. The van der Waals surface area contributed by atoms with Gasteiger partial charge in [-0.15, -0.1) is 0 Å². The molecular weight excluding hydrogens is 487 g/mol. The largest absolute Gasteiger partial charge is 0.755 e. The molecule has 1 fully saturated rings. The van der Waals surface area contributed by atoms with Gasteiger partial charge in [0.15, 0.2) is 0 Å². The number of benzene rings is 1. The lowest BCUT2D eigenvalue weighted by Crippen LogP contribution is -2.42. The summed E-state index contributed by atoms with van der Waals surface area (Å²) in [5, 5.41) is 4.28. The number of hydrogen-bond acceptors (Lipinski definition) is 6. The van der Waals surface area contributed by atoms with Crippen molar-refractivity contribution < 1.29 is 13.2 Å². The fourth-order valence-electron chi connectivity index (χ4n) is 4.46. The third-order valence-corrected chi connectivity index (χ3v) is 7.41. The Morgan fingerprint density at radius 2 is 2.00 bits per heavy atom. The van der Waals surface area contributed by atoms with Crippen LogP contribution in [0.3, 0.4) is 0 Å². The van der Waals surface area contributed by atoms with Crippen molar-refractivity contribution in [1.29, 1.82) is 0 Å². The molecule has 10 nitrogen and oxygen atoms in total. The Morgan fingerprint density at radius 3 is 2.61 bits per heavy atom. The van der Waals surface area contributed by atoms with E-state index in [9.17, 15) is 22.7 Å². The van der Waals surface area contributed by atoms with Crippen LogP contribution in [0.1, 0.15) is 24.1 Å². The molecule has 3 heterocycles. The van der Waals surface area contributed by atoms with Crippen molar-refractivity contribution in [2.24, 2.45) is 7.05 Å². The lowest BCUT2D eigenvalue weighted by molar-refractivity contribution is 0.411. The SMILES string of the molecule is Cn1cc(Cn2c(=O)c3cc(N(S(=O)[O-])C4(CF)CC4)ccc3n(CCc3ccccn3)c2=O)cn1. The van der Waals surface area contributed by atoms with Crippen LogP contribution in [0.2, 0.25) is 0 Å². The molecule has 12 heteroatoms. The summed E-state index contributed by atoms with van der Waals surface area (Å²) in [5.41, 5.74) is -0.170. The Hall–Kier alpha value is -3.64. The molecule has 3 aromatic heterocycles. The molecule has 1 aliphatic rings. The third kappa shape index (κ3) is 4.37. The number of rotatable bonds is 9. The second-order valence-corrected chi connectivity index (χ2v) is 9.79. The van der Waals surface area contributed by atoms with E-state index in [1.807, 2.05) is 12.1 Å². The number of aryl methyl sites for hydroxylation is 3. The summed E-state index contributed by atoms with van der Waals surface area (Å²) in [4.78, 5) is 31.3.